The quantitative estimate of drug-likeness (QED) is 0.564. The summed E-state index contributed by atoms with van der Waals surface area (Å²) in [6.07, 6.45) is 5.50. The van der Waals surface area contributed by atoms with Gasteiger partial charge in [0.05, 0.1) is 0 Å². The van der Waals surface area contributed by atoms with E-state index < -0.39 is 0 Å². The van der Waals surface area contributed by atoms with Gasteiger partial charge < -0.3 is 0 Å². The summed E-state index contributed by atoms with van der Waals surface area (Å²) in [5.41, 5.74) is 1.06. The molecule has 0 aliphatic heterocycles. The molecule has 0 unspecified atom stereocenters. The van der Waals surface area contributed by atoms with E-state index in [0.29, 0.717) is 0 Å². The van der Waals surface area contributed by atoms with E-state index >= 15 is 0 Å². The van der Waals surface area contributed by atoms with Gasteiger partial charge in [0, 0.05) is 18.6 Å². The summed E-state index contributed by atoms with van der Waals surface area (Å²) in [5, 5.41) is 0. The molecular weight excluding hydrogens is 159 g/mol. The Hall–Kier alpha value is -0.196. The van der Waals surface area contributed by atoms with Crippen molar-refractivity contribution in [1.29, 1.82) is 0 Å². The SMILES string of the molecule is C=C/C=C\C(=C)C.CC.[V]. The third-order valence-electron chi connectivity index (χ3n) is 0.517. The summed E-state index contributed by atoms with van der Waals surface area (Å²) >= 11 is 0. The molecule has 1 heteroatoms. The molecule has 0 bridgehead atoms. The van der Waals surface area contributed by atoms with Gasteiger partial charge in [-0.1, -0.05) is 50.8 Å². The normalized spacial score (nSPS) is 7.10. The van der Waals surface area contributed by atoms with Crippen molar-refractivity contribution in [1.82, 2.24) is 0 Å². The molecule has 0 aliphatic carbocycles. The van der Waals surface area contributed by atoms with E-state index in [1.54, 1.807) is 6.08 Å². The van der Waals surface area contributed by atoms with Crippen molar-refractivity contribution in [2.75, 3.05) is 0 Å². The zero-order chi connectivity index (χ0) is 7.70. The zero-order valence-electron chi connectivity index (χ0n) is 7.09. The average molecular weight is 175 g/mol. The Balaban J connectivity index is -0.000000149. The molecular formula is C9H16V. The van der Waals surface area contributed by atoms with Gasteiger partial charge >= 0.3 is 0 Å². The van der Waals surface area contributed by atoms with Crippen LogP contribution in [0.5, 0.6) is 0 Å². The second-order valence-corrected chi connectivity index (χ2v) is 1.44. The van der Waals surface area contributed by atoms with Crippen LogP contribution in [-0.2, 0) is 18.6 Å². The van der Waals surface area contributed by atoms with Crippen LogP contribution in [0.2, 0.25) is 0 Å². The second kappa shape index (κ2) is 15.9. The fraction of sp³-hybridized carbons (Fsp3) is 0.333. The second-order valence-electron chi connectivity index (χ2n) is 1.44. The minimum absolute atomic E-state index is 0. The third-order valence-corrected chi connectivity index (χ3v) is 0.517. The Morgan fingerprint density at radius 3 is 1.80 bits per heavy atom. The first-order valence-electron chi connectivity index (χ1n) is 3.22. The van der Waals surface area contributed by atoms with E-state index in [1.807, 2.05) is 32.9 Å². The minimum atomic E-state index is 0. The fourth-order valence-corrected chi connectivity index (χ4v) is 0.232. The predicted octanol–water partition coefficient (Wildman–Crippen LogP) is 3.33. The van der Waals surface area contributed by atoms with Crippen molar-refractivity contribution in [3.63, 3.8) is 0 Å². The molecule has 0 aromatic carbocycles. The van der Waals surface area contributed by atoms with Crippen molar-refractivity contribution in [2.45, 2.75) is 20.8 Å². The molecule has 10 heavy (non-hydrogen) atoms. The Labute approximate surface area is 76.6 Å². The average Bonchev–Trinajstić information content (AvgIpc) is 1.88. The standard InChI is InChI=1S/C7H10.C2H6.V/c1-4-5-6-7(2)3;1-2;/h4-6H,1-2H2,3H3;1-2H3;/b6-5-;;. The van der Waals surface area contributed by atoms with E-state index in [9.17, 15) is 0 Å². The Morgan fingerprint density at radius 1 is 1.30 bits per heavy atom. The van der Waals surface area contributed by atoms with Gasteiger partial charge in [0.1, 0.15) is 0 Å². The molecule has 1 radical (unpaired) electrons. The molecule has 0 amide bonds. The van der Waals surface area contributed by atoms with Gasteiger partial charge in [0.2, 0.25) is 0 Å². The van der Waals surface area contributed by atoms with E-state index in [0.717, 1.165) is 5.57 Å². The molecule has 0 saturated heterocycles. The van der Waals surface area contributed by atoms with Crippen LogP contribution >= 0.6 is 0 Å². The zero-order valence-corrected chi connectivity index (χ0v) is 8.49. The number of hydrogen-bond donors (Lipinski definition) is 0. The van der Waals surface area contributed by atoms with Crippen LogP contribution in [0, 0.1) is 0 Å². The summed E-state index contributed by atoms with van der Waals surface area (Å²) in [5.74, 6) is 0. The number of rotatable bonds is 2. The number of allylic oxidation sites excluding steroid dienone is 4. The van der Waals surface area contributed by atoms with E-state index in [1.165, 1.54) is 0 Å². The summed E-state index contributed by atoms with van der Waals surface area (Å²) in [6.45, 7) is 13.1. The predicted molar refractivity (Wildman–Crippen MR) is 45.5 cm³/mol. The van der Waals surface area contributed by atoms with Gasteiger partial charge in [-0.2, -0.15) is 0 Å². The maximum Gasteiger partial charge on any atom is 0 e. The molecule has 0 fully saturated rings. The van der Waals surface area contributed by atoms with Crippen LogP contribution in [0.4, 0.5) is 0 Å². The van der Waals surface area contributed by atoms with Crippen LogP contribution in [0.25, 0.3) is 0 Å². The van der Waals surface area contributed by atoms with Gasteiger partial charge in [-0.3, -0.25) is 0 Å². The third kappa shape index (κ3) is 25.0. The summed E-state index contributed by atoms with van der Waals surface area (Å²) in [4.78, 5) is 0. The van der Waals surface area contributed by atoms with Crippen molar-refractivity contribution in [3.05, 3.63) is 37.0 Å². The van der Waals surface area contributed by atoms with Crippen LogP contribution in [0.3, 0.4) is 0 Å². The molecule has 0 atom stereocenters. The maximum atomic E-state index is 3.66. The van der Waals surface area contributed by atoms with Gasteiger partial charge in [-0.25, -0.2) is 0 Å². The first kappa shape index (κ1) is 16.4. The van der Waals surface area contributed by atoms with Crippen LogP contribution < -0.4 is 0 Å². The summed E-state index contributed by atoms with van der Waals surface area (Å²) < 4.78 is 0. The molecule has 57 valence electrons. The van der Waals surface area contributed by atoms with E-state index in [-0.39, 0.29) is 18.6 Å². The largest absolute Gasteiger partial charge is 0.0991 e. The van der Waals surface area contributed by atoms with Crippen molar-refractivity contribution in [3.8, 4) is 0 Å². The van der Waals surface area contributed by atoms with Crippen LogP contribution in [-0.4, -0.2) is 0 Å². The molecule has 0 N–H and O–H groups in total. The van der Waals surface area contributed by atoms with Crippen molar-refractivity contribution in [2.24, 2.45) is 0 Å². The van der Waals surface area contributed by atoms with Gasteiger partial charge in [-0.15, -0.1) is 0 Å². The van der Waals surface area contributed by atoms with Gasteiger partial charge in [-0.05, 0) is 6.92 Å². The molecule has 0 aromatic heterocycles. The Kier molecular flexibility index (Phi) is 26.1. The molecule has 0 heterocycles. The molecule has 0 nitrogen and oxygen atoms in total. The van der Waals surface area contributed by atoms with Gasteiger partial charge in [0.15, 0.2) is 0 Å². The van der Waals surface area contributed by atoms with Crippen molar-refractivity contribution < 1.29 is 18.6 Å². The molecule has 0 aromatic rings. The van der Waals surface area contributed by atoms with E-state index in [2.05, 4.69) is 13.2 Å². The van der Waals surface area contributed by atoms with Crippen LogP contribution in [0.15, 0.2) is 37.0 Å². The maximum absolute atomic E-state index is 3.66. The first-order valence-corrected chi connectivity index (χ1v) is 3.22. The van der Waals surface area contributed by atoms with Crippen molar-refractivity contribution >= 4 is 0 Å². The number of hydrogen-bond acceptors (Lipinski definition) is 0. The molecule has 0 spiro atoms. The van der Waals surface area contributed by atoms with E-state index in [4.69, 9.17) is 0 Å². The first-order chi connectivity index (χ1) is 4.27. The molecule has 0 saturated carbocycles. The summed E-state index contributed by atoms with van der Waals surface area (Å²) in [7, 11) is 0. The molecule has 0 rings (SSSR count). The summed E-state index contributed by atoms with van der Waals surface area (Å²) in [6, 6.07) is 0. The Morgan fingerprint density at radius 2 is 1.70 bits per heavy atom. The minimum Gasteiger partial charge on any atom is -0.0991 e. The monoisotopic (exact) mass is 175 g/mol. The Bertz CT molecular complexity index is 101. The van der Waals surface area contributed by atoms with Crippen LogP contribution in [0.1, 0.15) is 20.8 Å². The fourth-order valence-electron chi connectivity index (χ4n) is 0.232. The molecule has 0 aliphatic rings. The van der Waals surface area contributed by atoms with Gasteiger partial charge in [0.25, 0.3) is 0 Å². The smallest absolute Gasteiger partial charge is 0 e. The topological polar surface area (TPSA) is 0 Å².